The standard InChI is InChI=1S/C36H54O10Si/c1-12-35(45-23(5)38)26(39)18-20(2)34(8)29(35)31(44-32(41)24-16-14-13-15-17-24)36(42)19-25(46-47(9,10)11)21(3)27(33(36,6)7)28(40)30(34)43-22(4)37/h13-17,20,25-26,28-31,39-40,42H,12,18-19H2,1-11H3/t20-,25-,26+,28+,29?,30+,31?,34+,35-,36+/m0/s1. The summed E-state index contributed by atoms with van der Waals surface area (Å²) in [6.45, 7) is 19.4. The van der Waals surface area contributed by atoms with Crippen LogP contribution >= 0.6 is 0 Å². The van der Waals surface area contributed by atoms with Crippen LogP contribution in [0, 0.1) is 22.7 Å². The van der Waals surface area contributed by atoms with Gasteiger partial charge in [0.15, 0.2) is 8.32 Å². The summed E-state index contributed by atoms with van der Waals surface area (Å²) < 4.78 is 25.4. The Morgan fingerprint density at radius 1 is 0.957 bits per heavy atom. The predicted molar refractivity (Wildman–Crippen MR) is 178 cm³/mol. The van der Waals surface area contributed by atoms with Crippen molar-refractivity contribution >= 4 is 26.2 Å². The second kappa shape index (κ2) is 12.7. The van der Waals surface area contributed by atoms with Crippen molar-refractivity contribution in [3.8, 4) is 0 Å². The molecule has 11 heteroatoms. The molecule has 0 heterocycles. The highest BCUT2D eigenvalue weighted by atomic mass is 28.4. The molecular weight excluding hydrogens is 620 g/mol. The molecule has 3 aliphatic rings. The van der Waals surface area contributed by atoms with E-state index in [1.54, 1.807) is 51.1 Å². The molecule has 1 aromatic rings. The third-order valence-corrected chi connectivity index (χ3v) is 12.4. The van der Waals surface area contributed by atoms with Crippen molar-refractivity contribution in [2.75, 3.05) is 0 Å². The summed E-state index contributed by atoms with van der Waals surface area (Å²) in [6.07, 6.45) is -5.82. The highest BCUT2D eigenvalue weighted by molar-refractivity contribution is 6.69. The maximum Gasteiger partial charge on any atom is 0.338 e. The minimum atomic E-state index is -2.27. The monoisotopic (exact) mass is 674 g/mol. The number of aliphatic hydroxyl groups is 3. The lowest BCUT2D eigenvalue weighted by atomic mass is 9.43. The van der Waals surface area contributed by atoms with Gasteiger partial charge in [-0.15, -0.1) is 0 Å². The number of hydrogen-bond donors (Lipinski definition) is 3. The molecular formula is C36H54O10Si. The van der Waals surface area contributed by atoms with Gasteiger partial charge >= 0.3 is 17.9 Å². The highest BCUT2D eigenvalue weighted by Crippen LogP contribution is 2.65. The molecule has 1 aromatic carbocycles. The zero-order valence-corrected chi connectivity index (χ0v) is 30.7. The van der Waals surface area contributed by atoms with Crippen LogP contribution in [0.4, 0.5) is 0 Å². The van der Waals surface area contributed by atoms with Gasteiger partial charge in [0.1, 0.15) is 29.5 Å². The third kappa shape index (κ3) is 6.11. The summed E-state index contributed by atoms with van der Waals surface area (Å²) in [4.78, 5) is 39.9. The number of fused-ring (bicyclic) bond motifs is 3. The van der Waals surface area contributed by atoms with Crippen molar-refractivity contribution in [3.63, 3.8) is 0 Å². The predicted octanol–water partition coefficient (Wildman–Crippen LogP) is 4.95. The molecule has 0 aliphatic heterocycles. The lowest BCUT2D eigenvalue weighted by Gasteiger charge is -2.67. The summed E-state index contributed by atoms with van der Waals surface area (Å²) in [7, 11) is -2.27. The number of benzene rings is 1. The van der Waals surface area contributed by atoms with Gasteiger partial charge in [-0.1, -0.05) is 52.8 Å². The van der Waals surface area contributed by atoms with E-state index in [9.17, 15) is 29.7 Å². The normalized spacial score (nSPS) is 38.4. The van der Waals surface area contributed by atoms with E-state index in [1.807, 2.05) is 40.4 Å². The molecule has 2 bridgehead atoms. The molecule has 0 spiro atoms. The van der Waals surface area contributed by atoms with Crippen LogP contribution in [0.1, 0.15) is 85.0 Å². The molecule has 2 fully saturated rings. The topological polar surface area (TPSA) is 149 Å². The van der Waals surface area contributed by atoms with E-state index in [0.717, 1.165) is 0 Å². The van der Waals surface area contributed by atoms with E-state index >= 15 is 0 Å². The first kappa shape index (κ1) is 37.2. The fourth-order valence-electron chi connectivity index (χ4n) is 9.08. The van der Waals surface area contributed by atoms with Gasteiger partial charge in [0.05, 0.1) is 23.7 Å². The Labute approximate surface area is 279 Å². The molecule has 0 aromatic heterocycles. The molecule has 0 saturated heterocycles. The van der Waals surface area contributed by atoms with Crippen LogP contribution in [0.25, 0.3) is 0 Å². The third-order valence-electron chi connectivity index (χ3n) is 11.4. The molecule has 0 amide bonds. The van der Waals surface area contributed by atoms with Crippen LogP contribution in [-0.4, -0.2) is 83.3 Å². The highest BCUT2D eigenvalue weighted by Gasteiger charge is 2.75. The Morgan fingerprint density at radius 3 is 2.06 bits per heavy atom. The van der Waals surface area contributed by atoms with E-state index in [2.05, 4.69) is 0 Å². The van der Waals surface area contributed by atoms with E-state index in [4.69, 9.17) is 18.6 Å². The van der Waals surface area contributed by atoms with Crippen molar-refractivity contribution in [1.82, 2.24) is 0 Å². The van der Waals surface area contributed by atoms with Crippen LogP contribution in [-0.2, 0) is 28.2 Å². The Balaban J connectivity index is 2.18. The Kier molecular flexibility index (Phi) is 10.1. The maximum atomic E-state index is 14.1. The average Bonchev–Trinajstić information content (AvgIpc) is 2.95. The van der Waals surface area contributed by atoms with Crippen molar-refractivity contribution in [3.05, 3.63) is 47.0 Å². The number of aliphatic hydroxyl groups excluding tert-OH is 2. The Morgan fingerprint density at radius 2 is 1.55 bits per heavy atom. The first-order valence-corrected chi connectivity index (χ1v) is 20.1. The number of rotatable bonds is 7. The molecule has 0 radical (unpaired) electrons. The van der Waals surface area contributed by atoms with Crippen LogP contribution in [0.5, 0.6) is 0 Å². The van der Waals surface area contributed by atoms with Crippen LogP contribution in [0.3, 0.4) is 0 Å². The fraction of sp³-hybridized carbons (Fsp3) is 0.694. The van der Waals surface area contributed by atoms with Crippen molar-refractivity contribution in [2.24, 2.45) is 22.7 Å². The SMILES string of the molecule is CC[C@@]1(OC(C)=O)C2C(OC(=O)c3ccccc3)[C@]3(O)C[C@H](O[Si](C)(C)C)C(C)=C([C@@H](O)[C@@H](OC(C)=O)[C@]2(C)[C@@H](C)C[C@H]1O)C3(C)C. The van der Waals surface area contributed by atoms with Gasteiger partial charge in [0, 0.05) is 31.1 Å². The number of carbonyl (C=O) groups is 3. The van der Waals surface area contributed by atoms with Crippen LogP contribution in [0.2, 0.25) is 19.6 Å². The largest absolute Gasteiger partial charge is 0.459 e. The Hall–Kier alpha value is -2.57. The number of esters is 3. The maximum absolute atomic E-state index is 14.1. The lowest BCUT2D eigenvalue weighted by Crippen LogP contribution is -2.77. The molecule has 10 atom stereocenters. The molecule has 3 aliphatic carbocycles. The smallest absolute Gasteiger partial charge is 0.338 e. The summed E-state index contributed by atoms with van der Waals surface area (Å²) in [6, 6.07) is 8.39. The van der Waals surface area contributed by atoms with E-state index in [1.165, 1.54) is 13.8 Å². The van der Waals surface area contributed by atoms with E-state index < -0.39 is 90.6 Å². The molecule has 2 unspecified atom stereocenters. The van der Waals surface area contributed by atoms with Crippen molar-refractivity contribution in [2.45, 2.75) is 136 Å². The van der Waals surface area contributed by atoms with Gasteiger partial charge in [0.25, 0.3) is 0 Å². The summed E-state index contributed by atoms with van der Waals surface area (Å²) in [5.41, 5.74) is -4.84. The molecule has 2 saturated carbocycles. The molecule has 10 nitrogen and oxygen atoms in total. The van der Waals surface area contributed by atoms with Gasteiger partial charge in [-0.2, -0.15) is 0 Å². The molecule has 3 N–H and O–H groups in total. The first-order chi connectivity index (χ1) is 21.6. The van der Waals surface area contributed by atoms with Crippen molar-refractivity contribution in [1.29, 1.82) is 0 Å². The van der Waals surface area contributed by atoms with E-state index in [-0.39, 0.29) is 24.8 Å². The summed E-state index contributed by atoms with van der Waals surface area (Å²) >= 11 is 0. The fourth-order valence-corrected chi connectivity index (χ4v) is 10.2. The van der Waals surface area contributed by atoms with Gasteiger partial charge in [-0.05, 0) is 68.6 Å². The zero-order chi connectivity index (χ0) is 35.5. The second-order valence-corrected chi connectivity index (χ2v) is 20.1. The average molecular weight is 675 g/mol. The van der Waals surface area contributed by atoms with Crippen LogP contribution < -0.4 is 0 Å². The molecule has 47 heavy (non-hydrogen) atoms. The van der Waals surface area contributed by atoms with Gasteiger partial charge < -0.3 is 34.0 Å². The summed E-state index contributed by atoms with van der Waals surface area (Å²) in [5.74, 6) is -3.67. The minimum absolute atomic E-state index is 0.00574. The quantitative estimate of drug-likeness (QED) is 0.157. The van der Waals surface area contributed by atoms with E-state index in [0.29, 0.717) is 11.1 Å². The Bertz CT molecular complexity index is 1400. The molecule has 262 valence electrons. The van der Waals surface area contributed by atoms with Gasteiger partial charge in [-0.25, -0.2) is 4.79 Å². The number of ether oxygens (including phenoxy) is 3. The van der Waals surface area contributed by atoms with Gasteiger partial charge in [-0.3, -0.25) is 9.59 Å². The number of hydrogen-bond acceptors (Lipinski definition) is 10. The first-order valence-electron chi connectivity index (χ1n) is 16.7. The second-order valence-electron chi connectivity index (χ2n) is 15.6. The number of carbonyl (C=O) groups excluding carboxylic acids is 3. The van der Waals surface area contributed by atoms with Crippen LogP contribution in [0.15, 0.2) is 41.5 Å². The van der Waals surface area contributed by atoms with Gasteiger partial charge in [0.2, 0.25) is 0 Å². The molecule has 4 rings (SSSR count). The van der Waals surface area contributed by atoms with Crippen molar-refractivity contribution < 1.29 is 48.3 Å². The summed E-state index contributed by atoms with van der Waals surface area (Å²) in [5, 5.41) is 37.9. The minimum Gasteiger partial charge on any atom is -0.459 e. The lowest BCUT2D eigenvalue weighted by molar-refractivity contribution is -0.303. The zero-order valence-electron chi connectivity index (χ0n) is 29.7.